The molecule has 0 spiro atoms. The molecule has 0 radical (unpaired) electrons. The van der Waals surface area contributed by atoms with E-state index in [0.29, 0.717) is 6.07 Å². The van der Waals surface area contributed by atoms with Gasteiger partial charge in [0.25, 0.3) is 0 Å². The Morgan fingerprint density at radius 1 is 1.14 bits per heavy atom. The van der Waals surface area contributed by atoms with E-state index in [1.807, 2.05) is 0 Å². The highest BCUT2D eigenvalue weighted by Crippen LogP contribution is 2.32. The maximum Gasteiger partial charge on any atom is 0.387 e. The summed E-state index contributed by atoms with van der Waals surface area (Å²) in [7, 11) is 1.28. The van der Waals surface area contributed by atoms with Crippen LogP contribution >= 0.6 is 0 Å². The summed E-state index contributed by atoms with van der Waals surface area (Å²) in [6, 6.07) is 6.61. The molecule has 6 nitrogen and oxygen atoms in total. The number of ether oxygens (including phenoxy) is 2. The van der Waals surface area contributed by atoms with Gasteiger partial charge in [0.1, 0.15) is 11.6 Å². The SMILES string of the molecule is COc1ccc(NC(=O)C2CC(=O)N(c3cc(F)cc(F)c3)C2)cc1OC(F)F. The molecule has 1 atom stereocenters. The van der Waals surface area contributed by atoms with Crippen LogP contribution in [0.5, 0.6) is 11.5 Å². The van der Waals surface area contributed by atoms with Gasteiger partial charge < -0.3 is 19.7 Å². The summed E-state index contributed by atoms with van der Waals surface area (Å²) in [5.74, 6) is -3.71. The van der Waals surface area contributed by atoms with Crippen molar-refractivity contribution in [2.75, 3.05) is 23.9 Å². The lowest BCUT2D eigenvalue weighted by Gasteiger charge is -2.17. The predicted molar refractivity (Wildman–Crippen MR) is 95.1 cm³/mol. The van der Waals surface area contributed by atoms with E-state index in [4.69, 9.17) is 4.74 Å². The third kappa shape index (κ3) is 4.76. The number of amides is 2. The van der Waals surface area contributed by atoms with Crippen molar-refractivity contribution in [3.63, 3.8) is 0 Å². The van der Waals surface area contributed by atoms with E-state index in [1.165, 1.54) is 25.3 Å². The zero-order chi connectivity index (χ0) is 21.1. The van der Waals surface area contributed by atoms with Crippen LogP contribution < -0.4 is 19.7 Å². The molecule has 1 N–H and O–H groups in total. The molecule has 2 amide bonds. The lowest BCUT2D eigenvalue weighted by Crippen LogP contribution is -2.28. The molecular formula is C19H16F4N2O4. The summed E-state index contributed by atoms with van der Waals surface area (Å²) < 4.78 is 61.1. The monoisotopic (exact) mass is 412 g/mol. The van der Waals surface area contributed by atoms with Crippen LogP contribution in [0.2, 0.25) is 0 Å². The smallest absolute Gasteiger partial charge is 0.387 e. The minimum atomic E-state index is -3.08. The molecule has 29 heavy (non-hydrogen) atoms. The van der Waals surface area contributed by atoms with Gasteiger partial charge in [0, 0.05) is 36.5 Å². The lowest BCUT2D eigenvalue weighted by atomic mass is 10.1. The number of carbonyl (C=O) groups is 2. The second kappa shape index (κ2) is 8.38. The number of rotatable bonds is 6. The van der Waals surface area contributed by atoms with E-state index >= 15 is 0 Å². The van der Waals surface area contributed by atoms with E-state index in [2.05, 4.69) is 10.1 Å². The van der Waals surface area contributed by atoms with Crippen LogP contribution in [0, 0.1) is 17.6 Å². The van der Waals surface area contributed by atoms with Crippen molar-refractivity contribution in [3.8, 4) is 11.5 Å². The number of hydrogen-bond acceptors (Lipinski definition) is 4. The largest absolute Gasteiger partial charge is 0.493 e. The Morgan fingerprint density at radius 2 is 1.83 bits per heavy atom. The summed E-state index contributed by atoms with van der Waals surface area (Å²) in [6.07, 6.45) is -0.166. The number of nitrogens with one attached hydrogen (secondary N) is 1. The number of methoxy groups -OCH3 is 1. The molecular weight excluding hydrogens is 396 g/mol. The van der Waals surface area contributed by atoms with Crippen molar-refractivity contribution >= 4 is 23.2 Å². The first-order valence-electron chi connectivity index (χ1n) is 8.47. The summed E-state index contributed by atoms with van der Waals surface area (Å²) in [5.41, 5.74) is 0.175. The molecule has 1 aliphatic rings. The normalized spacial score (nSPS) is 16.3. The van der Waals surface area contributed by atoms with E-state index in [-0.39, 0.29) is 35.8 Å². The van der Waals surface area contributed by atoms with Crippen molar-refractivity contribution in [2.45, 2.75) is 13.0 Å². The van der Waals surface area contributed by atoms with Crippen LogP contribution in [0.4, 0.5) is 28.9 Å². The van der Waals surface area contributed by atoms with Gasteiger partial charge in [0.05, 0.1) is 13.0 Å². The first-order chi connectivity index (χ1) is 13.8. The maximum absolute atomic E-state index is 13.4. The molecule has 1 saturated heterocycles. The summed E-state index contributed by atoms with van der Waals surface area (Å²) >= 11 is 0. The van der Waals surface area contributed by atoms with Gasteiger partial charge in [-0.05, 0) is 24.3 Å². The molecule has 3 rings (SSSR count). The predicted octanol–water partition coefficient (Wildman–Crippen LogP) is 3.57. The number of carbonyl (C=O) groups excluding carboxylic acids is 2. The van der Waals surface area contributed by atoms with Crippen LogP contribution in [0.15, 0.2) is 36.4 Å². The fourth-order valence-corrected chi connectivity index (χ4v) is 3.01. The highest BCUT2D eigenvalue weighted by atomic mass is 19.3. The molecule has 1 unspecified atom stereocenters. The lowest BCUT2D eigenvalue weighted by molar-refractivity contribution is -0.122. The average molecular weight is 412 g/mol. The number of hydrogen-bond donors (Lipinski definition) is 1. The quantitative estimate of drug-likeness (QED) is 0.737. The van der Waals surface area contributed by atoms with Crippen molar-refractivity contribution in [3.05, 3.63) is 48.0 Å². The Labute approximate surface area is 163 Å². The van der Waals surface area contributed by atoms with E-state index in [1.54, 1.807) is 0 Å². The minimum Gasteiger partial charge on any atom is -0.493 e. The summed E-state index contributed by atoms with van der Waals surface area (Å²) in [6.45, 7) is -3.16. The Morgan fingerprint density at radius 3 is 2.45 bits per heavy atom. The molecule has 0 aromatic heterocycles. The van der Waals surface area contributed by atoms with Crippen LogP contribution in [0.3, 0.4) is 0 Å². The minimum absolute atomic E-state index is 0.0138. The molecule has 1 fully saturated rings. The molecule has 2 aromatic carbocycles. The molecule has 10 heteroatoms. The van der Waals surface area contributed by atoms with E-state index in [0.717, 1.165) is 17.0 Å². The summed E-state index contributed by atoms with van der Waals surface area (Å²) in [5, 5.41) is 2.52. The third-order valence-corrected chi connectivity index (χ3v) is 4.30. The molecule has 1 heterocycles. The Bertz CT molecular complexity index is 918. The number of halogens is 4. The number of alkyl halides is 2. The van der Waals surface area contributed by atoms with Crippen LogP contribution in [-0.2, 0) is 9.59 Å². The first-order valence-corrected chi connectivity index (χ1v) is 8.47. The van der Waals surface area contributed by atoms with Gasteiger partial charge in [-0.25, -0.2) is 8.78 Å². The number of nitrogens with zero attached hydrogens (tertiary/aromatic N) is 1. The van der Waals surface area contributed by atoms with Gasteiger partial charge in [-0.1, -0.05) is 0 Å². The molecule has 2 aromatic rings. The first kappa shape index (κ1) is 20.4. The molecule has 0 aliphatic carbocycles. The fourth-order valence-electron chi connectivity index (χ4n) is 3.01. The fraction of sp³-hybridized carbons (Fsp3) is 0.263. The molecule has 0 bridgehead atoms. The topological polar surface area (TPSA) is 67.9 Å². The molecule has 0 saturated carbocycles. The van der Waals surface area contributed by atoms with Crippen molar-refractivity contribution in [1.82, 2.24) is 0 Å². The van der Waals surface area contributed by atoms with Crippen LogP contribution in [-0.4, -0.2) is 32.1 Å². The Hall–Kier alpha value is -3.30. The standard InChI is InChI=1S/C19H16F4N2O4/c1-28-15-3-2-13(8-16(15)29-19(22)23)24-18(27)10-4-17(26)25(9-10)14-6-11(20)5-12(21)7-14/h2-3,5-8,10,19H,4,9H2,1H3,(H,24,27). The number of benzene rings is 2. The van der Waals surface area contributed by atoms with Gasteiger partial charge in [0.15, 0.2) is 11.5 Å². The Balaban J connectivity index is 1.72. The maximum atomic E-state index is 13.4. The molecule has 1 aliphatic heterocycles. The average Bonchev–Trinajstić information content (AvgIpc) is 3.02. The van der Waals surface area contributed by atoms with Gasteiger partial charge in [-0.2, -0.15) is 8.78 Å². The van der Waals surface area contributed by atoms with E-state index in [9.17, 15) is 27.2 Å². The van der Waals surface area contributed by atoms with Gasteiger partial charge in [-0.3, -0.25) is 9.59 Å². The van der Waals surface area contributed by atoms with Crippen molar-refractivity contribution in [2.24, 2.45) is 5.92 Å². The van der Waals surface area contributed by atoms with Crippen molar-refractivity contribution < 1.29 is 36.6 Å². The van der Waals surface area contributed by atoms with Gasteiger partial charge >= 0.3 is 6.61 Å². The van der Waals surface area contributed by atoms with Gasteiger partial charge in [-0.15, -0.1) is 0 Å². The summed E-state index contributed by atoms with van der Waals surface area (Å²) in [4.78, 5) is 25.8. The van der Waals surface area contributed by atoms with Crippen LogP contribution in [0.25, 0.3) is 0 Å². The highest BCUT2D eigenvalue weighted by Gasteiger charge is 2.35. The van der Waals surface area contributed by atoms with Crippen molar-refractivity contribution in [1.29, 1.82) is 0 Å². The van der Waals surface area contributed by atoms with E-state index < -0.39 is 36.0 Å². The second-order valence-corrected chi connectivity index (χ2v) is 6.27. The second-order valence-electron chi connectivity index (χ2n) is 6.27. The zero-order valence-electron chi connectivity index (χ0n) is 15.1. The number of anilines is 2. The molecule has 154 valence electrons. The van der Waals surface area contributed by atoms with Gasteiger partial charge in [0.2, 0.25) is 11.8 Å². The zero-order valence-corrected chi connectivity index (χ0v) is 15.1. The third-order valence-electron chi connectivity index (χ3n) is 4.30. The van der Waals surface area contributed by atoms with Crippen LogP contribution in [0.1, 0.15) is 6.42 Å². The Kier molecular flexibility index (Phi) is 5.90. The highest BCUT2D eigenvalue weighted by molar-refractivity contribution is 6.03.